The number of nitrogens with zero attached hydrogens (tertiary/aromatic N) is 2. The number of hydrogen-bond acceptors (Lipinski definition) is 8. The number of hydrogen-bond donors (Lipinski definition) is 2. The number of aromatic amines is 1. The van der Waals surface area contributed by atoms with Crippen LogP contribution in [-0.2, 0) is 14.2 Å². The molecule has 9 nitrogen and oxygen atoms in total. The molecule has 0 radical (unpaired) electrons. The van der Waals surface area contributed by atoms with E-state index in [1.54, 1.807) is 6.07 Å². The van der Waals surface area contributed by atoms with Crippen molar-refractivity contribution in [3.8, 4) is 5.75 Å². The van der Waals surface area contributed by atoms with Gasteiger partial charge in [-0.25, -0.2) is 9.98 Å². The number of fused-ring (bicyclic) bond motifs is 2. The number of aryl methyl sites for hydroxylation is 1. The van der Waals surface area contributed by atoms with Gasteiger partial charge in [-0.2, -0.15) is 0 Å². The van der Waals surface area contributed by atoms with Crippen LogP contribution in [0.4, 0.5) is 17.2 Å². The fourth-order valence-corrected chi connectivity index (χ4v) is 2.29. The summed E-state index contributed by atoms with van der Waals surface area (Å²) < 4.78 is 20.5. The zero-order valence-electron chi connectivity index (χ0n) is 13.9. The minimum Gasteiger partial charge on any atom is -0.467 e. The van der Waals surface area contributed by atoms with Crippen LogP contribution in [0.25, 0.3) is 6.58 Å². The lowest BCUT2D eigenvalue weighted by Crippen LogP contribution is -2.38. The van der Waals surface area contributed by atoms with Crippen LogP contribution in [0.5, 0.6) is 5.75 Å². The highest BCUT2D eigenvalue weighted by Crippen LogP contribution is 2.35. The van der Waals surface area contributed by atoms with Crippen molar-refractivity contribution in [1.29, 1.82) is 0 Å². The Bertz CT molecular complexity index is 941. The third kappa shape index (κ3) is 3.85. The van der Waals surface area contributed by atoms with E-state index in [1.807, 2.05) is 13.0 Å². The number of anilines is 2. The standard InChI is InChI=1S/C16H18N4O5/c1-9-4-11-12(5-13(9)25-8-24-7-23-6-22-3)20-15-14(19-11)16(21)18-10(2)17-15/h4-5H,2,6-8H2,1,3H3,(H,17,20)(H,18,21). The van der Waals surface area contributed by atoms with Gasteiger partial charge in [0.1, 0.15) is 18.0 Å². The third-order valence-electron chi connectivity index (χ3n) is 3.39. The molecule has 0 spiro atoms. The molecule has 1 aromatic carbocycles. The summed E-state index contributed by atoms with van der Waals surface area (Å²) in [5, 5.41) is 3.31. The molecule has 9 heteroatoms. The maximum Gasteiger partial charge on any atom is 0.279 e. The highest BCUT2D eigenvalue weighted by atomic mass is 16.8. The fourth-order valence-electron chi connectivity index (χ4n) is 2.29. The summed E-state index contributed by atoms with van der Waals surface area (Å²) in [6.45, 7) is 5.77. The molecule has 3 rings (SSSR count). The quantitative estimate of drug-likeness (QED) is 0.472. The molecule has 0 saturated heterocycles. The molecule has 132 valence electrons. The minimum absolute atomic E-state index is 0.0258. The van der Waals surface area contributed by atoms with E-state index in [9.17, 15) is 4.79 Å². The number of benzene rings is 1. The lowest BCUT2D eigenvalue weighted by Gasteiger charge is -2.17. The summed E-state index contributed by atoms with van der Waals surface area (Å²) in [6.07, 6.45) is 0. The van der Waals surface area contributed by atoms with E-state index in [4.69, 9.17) is 18.9 Å². The average Bonchev–Trinajstić information content (AvgIpc) is 2.57. The number of aromatic nitrogens is 2. The Balaban J connectivity index is 1.78. The molecule has 1 aliphatic heterocycles. The molecule has 1 aromatic heterocycles. The molecule has 0 fully saturated rings. The normalized spacial score (nSPS) is 11.9. The lowest BCUT2D eigenvalue weighted by molar-refractivity contribution is -0.145. The Morgan fingerprint density at radius 2 is 2.00 bits per heavy atom. The SMILES string of the molecule is C=c1nc2c(c(=O)[nH]1)=Nc1cc(C)c(OCOCOCOC)cc1N2. The van der Waals surface area contributed by atoms with Gasteiger partial charge in [0.25, 0.3) is 5.56 Å². The summed E-state index contributed by atoms with van der Waals surface area (Å²) in [4.78, 5) is 23.0. The number of nitrogens with one attached hydrogen (secondary N) is 2. The topological polar surface area (TPSA) is 107 Å². The van der Waals surface area contributed by atoms with Gasteiger partial charge in [0.15, 0.2) is 24.8 Å². The van der Waals surface area contributed by atoms with Gasteiger partial charge < -0.3 is 29.2 Å². The van der Waals surface area contributed by atoms with Crippen LogP contribution in [0, 0.1) is 6.92 Å². The zero-order valence-corrected chi connectivity index (χ0v) is 13.9. The summed E-state index contributed by atoms with van der Waals surface area (Å²) in [6, 6.07) is 3.60. The van der Waals surface area contributed by atoms with E-state index in [1.165, 1.54) is 7.11 Å². The number of rotatable bonds is 7. The molecule has 0 aliphatic carbocycles. The van der Waals surface area contributed by atoms with Crippen LogP contribution >= 0.6 is 0 Å². The van der Waals surface area contributed by atoms with Crippen molar-refractivity contribution in [2.75, 3.05) is 32.8 Å². The smallest absolute Gasteiger partial charge is 0.279 e. The molecule has 0 unspecified atom stereocenters. The highest BCUT2D eigenvalue weighted by Gasteiger charge is 2.16. The van der Waals surface area contributed by atoms with Crippen molar-refractivity contribution in [2.45, 2.75) is 6.92 Å². The molecular weight excluding hydrogens is 328 g/mol. The first-order chi connectivity index (χ1) is 12.1. The molecule has 0 atom stereocenters. The van der Waals surface area contributed by atoms with Gasteiger partial charge in [-0.1, -0.05) is 6.58 Å². The number of ether oxygens (including phenoxy) is 4. The van der Waals surface area contributed by atoms with Gasteiger partial charge in [-0.15, -0.1) is 0 Å². The summed E-state index contributed by atoms with van der Waals surface area (Å²) >= 11 is 0. The molecule has 25 heavy (non-hydrogen) atoms. The van der Waals surface area contributed by atoms with E-state index in [0.29, 0.717) is 22.9 Å². The van der Waals surface area contributed by atoms with Crippen molar-refractivity contribution < 1.29 is 18.9 Å². The summed E-state index contributed by atoms with van der Waals surface area (Å²) in [7, 11) is 1.53. The monoisotopic (exact) mass is 346 g/mol. The first kappa shape index (κ1) is 17.1. The second-order valence-corrected chi connectivity index (χ2v) is 5.28. The Morgan fingerprint density at radius 1 is 1.20 bits per heavy atom. The molecule has 0 amide bonds. The maximum absolute atomic E-state index is 12.0. The zero-order chi connectivity index (χ0) is 17.8. The Hall–Kier alpha value is -2.75. The van der Waals surface area contributed by atoms with E-state index in [2.05, 4.69) is 26.9 Å². The second-order valence-electron chi connectivity index (χ2n) is 5.28. The first-order valence-electron chi connectivity index (χ1n) is 7.45. The van der Waals surface area contributed by atoms with Gasteiger partial charge in [0, 0.05) is 13.2 Å². The summed E-state index contributed by atoms with van der Waals surface area (Å²) in [5.41, 5.74) is 2.10. The van der Waals surface area contributed by atoms with Crippen molar-refractivity contribution >= 4 is 23.8 Å². The third-order valence-corrected chi connectivity index (χ3v) is 3.39. The van der Waals surface area contributed by atoms with Gasteiger partial charge in [0.2, 0.25) is 0 Å². The summed E-state index contributed by atoms with van der Waals surface area (Å²) in [5.74, 6) is 0.983. The molecule has 1 aliphatic rings. The van der Waals surface area contributed by atoms with Crippen molar-refractivity contribution in [3.63, 3.8) is 0 Å². The first-order valence-corrected chi connectivity index (χ1v) is 7.45. The van der Waals surface area contributed by atoms with Crippen LogP contribution in [0.15, 0.2) is 21.9 Å². The predicted octanol–water partition coefficient (Wildman–Crippen LogP) is 0.428. The average molecular weight is 346 g/mol. The van der Waals surface area contributed by atoms with Crippen LogP contribution < -0.4 is 26.4 Å². The van der Waals surface area contributed by atoms with Gasteiger partial charge in [-0.05, 0) is 18.6 Å². The largest absolute Gasteiger partial charge is 0.467 e. The molecular formula is C16H18N4O5. The van der Waals surface area contributed by atoms with E-state index in [-0.39, 0.29) is 36.8 Å². The number of methoxy groups -OCH3 is 1. The van der Waals surface area contributed by atoms with Crippen molar-refractivity contribution in [1.82, 2.24) is 9.97 Å². The van der Waals surface area contributed by atoms with Crippen molar-refractivity contribution in [2.24, 2.45) is 4.99 Å². The predicted molar refractivity (Wildman–Crippen MR) is 89.7 cm³/mol. The van der Waals surface area contributed by atoms with Gasteiger partial charge in [0.05, 0.1) is 11.4 Å². The molecule has 0 saturated carbocycles. The van der Waals surface area contributed by atoms with E-state index in [0.717, 1.165) is 5.56 Å². The molecule has 2 heterocycles. The van der Waals surface area contributed by atoms with Gasteiger partial charge >= 0.3 is 0 Å². The minimum atomic E-state index is -0.337. The van der Waals surface area contributed by atoms with Gasteiger partial charge in [-0.3, -0.25) is 4.79 Å². The van der Waals surface area contributed by atoms with Crippen LogP contribution in [-0.4, -0.2) is 37.5 Å². The Labute approximate surface area is 142 Å². The van der Waals surface area contributed by atoms with Crippen LogP contribution in [0.3, 0.4) is 0 Å². The van der Waals surface area contributed by atoms with E-state index >= 15 is 0 Å². The highest BCUT2D eigenvalue weighted by molar-refractivity contribution is 5.75. The van der Waals surface area contributed by atoms with Crippen LogP contribution in [0.2, 0.25) is 0 Å². The van der Waals surface area contributed by atoms with Crippen molar-refractivity contribution in [3.05, 3.63) is 38.9 Å². The second kappa shape index (κ2) is 7.43. The van der Waals surface area contributed by atoms with Crippen LogP contribution in [0.1, 0.15) is 5.56 Å². The molecule has 2 aromatic rings. The van der Waals surface area contributed by atoms with E-state index < -0.39 is 0 Å². The number of H-pyrrole nitrogens is 1. The Kier molecular flexibility index (Phi) is 5.08. The fraction of sp³-hybridized carbons (Fsp3) is 0.312. The lowest BCUT2D eigenvalue weighted by atomic mass is 10.1. The Morgan fingerprint density at radius 3 is 2.80 bits per heavy atom. The maximum atomic E-state index is 12.0. The molecule has 2 N–H and O–H groups in total. The molecule has 0 bridgehead atoms.